The van der Waals surface area contributed by atoms with E-state index in [-0.39, 0.29) is 35.1 Å². The van der Waals surface area contributed by atoms with Crippen LogP contribution in [0.4, 0.5) is 5.69 Å². The van der Waals surface area contributed by atoms with Crippen LogP contribution in [0, 0.1) is 0 Å². The number of benzene rings is 2. The van der Waals surface area contributed by atoms with Gasteiger partial charge in [-0.1, -0.05) is 0 Å². The molecule has 0 atom stereocenters. The fourth-order valence-electron chi connectivity index (χ4n) is 2.57. The van der Waals surface area contributed by atoms with Crippen molar-refractivity contribution >= 4 is 17.6 Å². The monoisotopic (exact) mass is 375 g/mol. The van der Waals surface area contributed by atoms with Crippen LogP contribution >= 0.6 is 0 Å². The van der Waals surface area contributed by atoms with Gasteiger partial charge in [0.2, 0.25) is 5.91 Å². The first-order valence-electron chi connectivity index (χ1n) is 7.93. The summed E-state index contributed by atoms with van der Waals surface area (Å²) in [4.78, 5) is 23.9. The second-order valence-electron chi connectivity index (χ2n) is 5.47. The molecule has 2 N–H and O–H groups in total. The third-order valence-electron chi connectivity index (χ3n) is 3.84. The van der Waals surface area contributed by atoms with Gasteiger partial charge in [-0.2, -0.15) is 0 Å². The number of rotatable bonds is 8. The van der Waals surface area contributed by atoms with Crippen molar-refractivity contribution in [3.8, 4) is 23.0 Å². The lowest BCUT2D eigenvalue weighted by Crippen LogP contribution is -2.16. The first kappa shape index (κ1) is 19.9. The number of carbonyl (C=O) groups is 2. The van der Waals surface area contributed by atoms with Gasteiger partial charge >= 0.3 is 5.97 Å². The van der Waals surface area contributed by atoms with Gasteiger partial charge < -0.3 is 29.4 Å². The van der Waals surface area contributed by atoms with Crippen LogP contribution < -0.4 is 24.3 Å². The number of carboxylic acid groups (broad SMARTS) is 1. The Bertz CT molecular complexity index is 848. The molecule has 8 nitrogen and oxygen atoms in total. The van der Waals surface area contributed by atoms with Gasteiger partial charge in [-0.25, -0.2) is 4.79 Å². The van der Waals surface area contributed by atoms with Crippen molar-refractivity contribution in [3.05, 3.63) is 41.5 Å². The lowest BCUT2D eigenvalue weighted by Gasteiger charge is -2.15. The number of carbonyl (C=O) groups excluding carboxylic acids is 1. The second-order valence-corrected chi connectivity index (χ2v) is 5.47. The van der Waals surface area contributed by atoms with Crippen LogP contribution in [0.3, 0.4) is 0 Å². The lowest BCUT2D eigenvalue weighted by molar-refractivity contribution is -0.115. The van der Waals surface area contributed by atoms with Gasteiger partial charge in [0.25, 0.3) is 0 Å². The third kappa shape index (κ3) is 4.60. The van der Waals surface area contributed by atoms with E-state index < -0.39 is 5.97 Å². The smallest absolute Gasteiger partial charge is 0.335 e. The van der Waals surface area contributed by atoms with E-state index in [1.54, 1.807) is 18.2 Å². The Morgan fingerprint density at radius 3 is 2.19 bits per heavy atom. The van der Waals surface area contributed by atoms with Crippen LogP contribution in [0.2, 0.25) is 0 Å². The zero-order valence-electron chi connectivity index (χ0n) is 15.5. The third-order valence-corrected chi connectivity index (χ3v) is 3.84. The average molecular weight is 375 g/mol. The van der Waals surface area contributed by atoms with Gasteiger partial charge in [0.05, 0.1) is 46.1 Å². The Balaban J connectivity index is 2.32. The van der Waals surface area contributed by atoms with E-state index in [1.807, 2.05) is 0 Å². The van der Waals surface area contributed by atoms with Crippen LogP contribution in [-0.4, -0.2) is 45.4 Å². The predicted octanol–water partition coefficient (Wildman–Crippen LogP) is 2.60. The molecule has 0 heterocycles. The van der Waals surface area contributed by atoms with Crippen LogP contribution in [-0.2, 0) is 11.2 Å². The van der Waals surface area contributed by atoms with Crippen molar-refractivity contribution in [2.75, 3.05) is 33.8 Å². The number of methoxy groups -OCH3 is 4. The molecule has 144 valence electrons. The van der Waals surface area contributed by atoms with E-state index in [4.69, 9.17) is 18.9 Å². The number of amides is 1. The Morgan fingerprint density at radius 1 is 0.926 bits per heavy atom. The molecule has 0 aromatic heterocycles. The standard InChI is InChI=1S/C19H21NO7/c1-24-13-5-6-15(25-2)11(7-13)10-17(21)20-14-8-12(19(22)23)9-16(26-3)18(14)27-4/h5-9H,10H2,1-4H3,(H,20,21)(H,22,23). The Labute approximate surface area is 156 Å². The van der Waals surface area contributed by atoms with Crippen LogP contribution in [0.1, 0.15) is 15.9 Å². The molecule has 0 fully saturated rings. The second kappa shape index (κ2) is 8.79. The molecule has 0 aliphatic carbocycles. The van der Waals surface area contributed by atoms with Crippen LogP contribution in [0.5, 0.6) is 23.0 Å². The molecule has 2 aromatic carbocycles. The summed E-state index contributed by atoms with van der Waals surface area (Å²) in [6.45, 7) is 0. The first-order valence-corrected chi connectivity index (χ1v) is 7.93. The summed E-state index contributed by atoms with van der Waals surface area (Å²) in [7, 11) is 5.82. The quantitative estimate of drug-likeness (QED) is 0.731. The SMILES string of the molecule is COc1ccc(OC)c(CC(=O)Nc2cc(C(=O)O)cc(OC)c2OC)c1. The molecule has 0 aliphatic heterocycles. The van der Waals surface area contributed by atoms with Gasteiger partial charge in [0, 0.05) is 5.56 Å². The van der Waals surface area contributed by atoms with Gasteiger partial charge in [0.15, 0.2) is 11.5 Å². The van der Waals surface area contributed by atoms with Gasteiger partial charge in [-0.15, -0.1) is 0 Å². The molecule has 0 spiro atoms. The normalized spacial score (nSPS) is 10.1. The molecular formula is C19H21NO7. The maximum absolute atomic E-state index is 12.5. The number of hydrogen-bond acceptors (Lipinski definition) is 6. The number of anilines is 1. The van der Waals surface area contributed by atoms with Gasteiger partial charge in [-0.05, 0) is 30.3 Å². The number of aromatic carboxylic acids is 1. The van der Waals surface area contributed by atoms with E-state index in [1.165, 1.54) is 40.6 Å². The zero-order chi connectivity index (χ0) is 20.0. The van der Waals surface area contributed by atoms with Crippen LogP contribution in [0.25, 0.3) is 0 Å². The minimum Gasteiger partial charge on any atom is -0.497 e. The average Bonchev–Trinajstić information content (AvgIpc) is 2.66. The Morgan fingerprint density at radius 2 is 1.63 bits per heavy atom. The number of carboxylic acids is 1. The number of ether oxygens (including phenoxy) is 4. The summed E-state index contributed by atoms with van der Waals surface area (Å²) in [5.41, 5.74) is 0.776. The fourth-order valence-corrected chi connectivity index (χ4v) is 2.57. The summed E-state index contributed by atoms with van der Waals surface area (Å²) in [6.07, 6.45) is -0.0108. The van der Waals surface area contributed by atoms with E-state index in [2.05, 4.69) is 5.32 Å². The summed E-state index contributed by atoms with van der Waals surface area (Å²) in [5.74, 6) is 0.0194. The maximum atomic E-state index is 12.5. The molecule has 2 rings (SSSR count). The summed E-state index contributed by atoms with van der Waals surface area (Å²) < 4.78 is 20.9. The summed E-state index contributed by atoms with van der Waals surface area (Å²) in [6, 6.07) is 7.76. The molecule has 0 unspecified atom stereocenters. The highest BCUT2D eigenvalue weighted by Crippen LogP contribution is 2.37. The van der Waals surface area contributed by atoms with Crippen molar-refractivity contribution in [1.29, 1.82) is 0 Å². The minimum absolute atomic E-state index is 0.0108. The van der Waals surface area contributed by atoms with E-state index in [0.29, 0.717) is 17.1 Å². The maximum Gasteiger partial charge on any atom is 0.335 e. The molecular weight excluding hydrogens is 354 g/mol. The highest BCUT2D eigenvalue weighted by molar-refractivity contribution is 5.97. The highest BCUT2D eigenvalue weighted by atomic mass is 16.5. The van der Waals surface area contributed by atoms with Crippen LogP contribution in [0.15, 0.2) is 30.3 Å². The molecule has 0 saturated heterocycles. The van der Waals surface area contributed by atoms with Crippen molar-refractivity contribution < 1.29 is 33.6 Å². The molecule has 27 heavy (non-hydrogen) atoms. The summed E-state index contributed by atoms with van der Waals surface area (Å²) >= 11 is 0. The zero-order valence-corrected chi connectivity index (χ0v) is 15.5. The largest absolute Gasteiger partial charge is 0.497 e. The van der Waals surface area contributed by atoms with E-state index >= 15 is 0 Å². The minimum atomic E-state index is -1.15. The topological polar surface area (TPSA) is 103 Å². The molecule has 0 aliphatic rings. The van der Waals surface area contributed by atoms with Gasteiger partial charge in [0.1, 0.15) is 11.5 Å². The number of hydrogen-bond donors (Lipinski definition) is 2. The molecule has 1 amide bonds. The molecule has 8 heteroatoms. The van der Waals surface area contributed by atoms with E-state index in [9.17, 15) is 14.7 Å². The van der Waals surface area contributed by atoms with Crippen molar-refractivity contribution in [1.82, 2.24) is 0 Å². The Hall–Kier alpha value is -3.42. The van der Waals surface area contributed by atoms with E-state index in [0.717, 1.165) is 0 Å². The summed E-state index contributed by atoms with van der Waals surface area (Å²) in [5, 5.41) is 11.9. The van der Waals surface area contributed by atoms with Crippen molar-refractivity contribution in [2.45, 2.75) is 6.42 Å². The van der Waals surface area contributed by atoms with Crippen molar-refractivity contribution in [3.63, 3.8) is 0 Å². The number of nitrogens with one attached hydrogen (secondary N) is 1. The molecule has 0 bridgehead atoms. The van der Waals surface area contributed by atoms with Crippen molar-refractivity contribution in [2.24, 2.45) is 0 Å². The molecule has 0 radical (unpaired) electrons. The fraction of sp³-hybridized carbons (Fsp3) is 0.263. The Kier molecular flexibility index (Phi) is 6.48. The predicted molar refractivity (Wildman–Crippen MR) is 98.4 cm³/mol. The van der Waals surface area contributed by atoms with Gasteiger partial charge in [-0.3, -0.25) is 4.79 Å². The lowest BCUT2D eigenvalue weighted by atomic mass is 10.1. The first-order chi connectivity index (χ1) is 12.9. The highest BCUT2D eigenvalue weighted by Gasteiger charge is 2.18. The molecule has 2 aromatic rings. The molecule has 0 saturated carbocycles.